The van der Waals surface area contributed by atoms with Gasteiger partial charge in [0, 0.05) is 22.1 Å². The van der Waals surface area contributed by atoms with Gasteiger partial charge < -0.3 is 14.6 Å². The van der Waals surface area contributed by atoms with Gasteiger partial charge in [0.25, 0.3) is 5.91 Å². The molecule has 0 aromatic heterocycles. The number of ether oxygens (including phenoxy) is 1. The number of alkyl halides is 2. The zero-order chi connectivity index (χ0) is 18.4. The Morgan fingerprint density at radius 3 is 2.38 bits per heavy atom. The minimum absolute atomic E-state index is 0.0934. The molecule has 1 amide bonds. The van der Waals surface area contributed by atoms with Crippen LogP contribution < -0.4 is 5.32 Å². The summed E-state index contributed by atoms with van der Waals surface area (Å²) in [6.45, 7) is -1.73. The van der Waals surface area contributed by atoms with E-state index < -0.39 is 27.9 Å². The van der Waals surface area contributed by atoms with Crippen molar-refractivity contribution in [3.8, 4) is 0 Å². The quantitative estimate of drug-likeness (QED) is 0.263. The minimum Gasteiger partial charge on any atom is -0.743 e. The zero-order valence-corrected chi connectivity index (χ0v) is 15.1. The van der Waals surface area contributed by atoms with Crippen LogP contribution in [0.4, 0.5) is 8.78 Å². The Bertz CT molecular complexity index is 693. The van der Waals surface area contributed by atoms with E-state index in [9.17, 15) is 31.3 Å². The fraction of sp³-hybridized carbons (Fsp3) is 0.385. The first kappa shape index (κ1) is 20.7. The molecular formula is C13H13F2INO6S-. The first-order valence-electron chi connectivity index (χ1n) is 6.55. The van der Waals surface area contributed by atoms with Gasteiger partial charge in [-0.15, -0.1) is 0 Å². The molecule has 1 N–H and O–H groups in total. The number of nitrogens with one attached hydrogen (secondary N) is 1. The highest BCUT2D eigenvalue weighted by Crippen LogP contribution is 2.20. The second-order valence-electron chi connectivity index (χ2n) is 4.62. The van der Waals surface area contributed by atoms with Crippen LogP contribution in [0.5, 0.6) is 0 Å². The van der Waals surface area contributed by atoms with E-state index in [0.717, 1.165) is 3.57 Å². The average Bonchev–Trinajstić information content (AvgIpc) is 2.49. The van der Waals surface area contributed by atoms with Gasteiger partial charge in [0.05, 0.1) is 0 Å². The van der Waals surface area contributed by atoms with Gasteiger partial charge in [-0.2, -0.15) is 8.78 Å². The molecule has 134 valence electrons. The lowest BCUT2D eigenvalue weighted by molar-refractivity contribution is -0.149. The number of esters is 1. The van der Waals surface area contributed by atoms with E-state index in [4.69, 9.17) is 0 Å². The lowest BCUT2D eigenvalue weighted by Crippen LogP contribution is -2.34. The van der Waals surface area contributed by atoms with Gasteiger partial charge in [-0.1, -0.05) is 0 Å². The zero-order valence-electron chi connectivity index (χ0n) is 12.1. The van der Waals surface area contributed by atoms with Crippen LogP contribution in [-0.2, 0) is 19.6 Å². The standard InChI is InChI=1S/C13H14F2INO6S/c14-13(15,24(20,21)22)8-23-11(18)2-1-7-17-12(19)9-3-5-10(16)6-4-9/h3-6H,1-2,7-8H2,(H,17,19)(H,20,21,22)/p-1. The van der Waals surface area contributed by atoms with E-state index in [2.05, 4.69) is 32.6 Å². The van der Waals surface area contributed by atoms with E-state index in [-0.39, 0.29) is 25.3 Å². The molecule has 0 atom stereocenters. The first-order valence-corrected chi connectivity index (χ1v) is 9.04. The third-order valence-corrected chi connectivity index (χ3v) is 4.29. The first-order chi connectivity index (χ1) is 11.0. The number of rotatable bonds is 8. The maximum absolute atomic E-state index is 12.8. The summed E-state index contributed by atoms with van der Waals surface area (Å²) in [4.78, 5) is 22.9. The summed E-state index contributed by atoms with van der Waals surface area (Å²) in [6, 6.07) is 6.74. The maximum atomic E-state index is 12.8. The van der Waals surface area contributed by atoms with Crippen molar-refractivity contribution in [1.82, 2.24) is 5.32 Å². The van der Waals surface area contributed by atoms with Crippen molar-refractivity contribution in [1.29, 1.82) is 0 Å². The largest absolute Gasteiger partial charge is 0.743 e. The molecule has 1 aromatic rings. The molecule has 0 aliphatic carbocycles. The molecule has 1 aromatic carbocycles. The lowest BCUT2D eigenvalue weighted by Gasteiger charge is -2.19. The van der Waals surface area contributed by atoms with Gasteiger partial charge in [-0.25, -0.2) is 8.42 Å². The molecule has 0 unspecified atom stereocenters. The Morgan fingerprint density at radius 2 is 1.83 bits per heavy atom. The van der Waals surface area contributed by atoms with E-state index in [1.165, 1.54) is 0 Å². The highest BCUT2D eigenvalue weighted by Gasteiger charge is 2.39. The molecule has 0 fully saturated rings. The van der Waals surface area contributed by atoms with Gasteiger partial charge in [0.15, 0.2) is 16.7 Å². The summed E-state index contributed by atoms with van der Waals surface area (Å²) >= 11 is 2.09. The molecule has 0 bridgehead atoms. The number of benzene rings is 1. The van der Waals surface area contributed by atoms with E-state index in [1.807, 2.05) is 0 Å². The van der Waals surface area contributed by atoms with Crippen molar-refractivity contribution < 1.29 is 36.1 Å². The van der Waals surface area contributed by atoms with Gasteiger partial charge in [0.1, 0.15) is 0 Å². The van der Waals surface area contributed by atoms with Gasteiger partial charge in [-0.05, 0) is 53.3 Å². The molecule has 0 aliphatic rings. The summed E-state index contributed by atoms with van der Waals surface area (Å²) in [6.07, 6.45) is -0.216. The molecule has 0 heterocycles. The number of halogens is 3. The number of amides is 1. The molecule has 0 saturated heterocycles. The van der Waals surface area contributed by atoms with E-state index in [1.54, 1.807) is 24.3 Å². The highest BCUT2D eigenvalue weighted by molar-refractivity contribution is 14.1. The van der Waals surface area contributed by atoms with Crippen molar-refractivity contribution in [2.24, 2.45) is 0 Å². The molecule has 0 radical (unpaired) electrons. The van der Waals surface area contributed by atoms with Gasteiger partial charge in [-0.3, -0.25) is 9.59 Å². The Labute approximate surface area is 150 Å². The van der Waals surface area contributed by atoms with Crippen molar-refractivity contribution in [3.05, 3.63) is 33.4 Å². The van der Waals surface area contributed by atoms with Crippen LogP contribution in [0.2, 0.25) is 0 Å². The second-order valence-corrected chi connectivity index (χ2v) is 7.37. The van der Waals surface area contributed by atoms with Crippen LogP contribution in [-0.4, -0.2) is 43.3 Å². The van der Waals surface area contributed by atoms with Gasteiger partial charge >= 0.3 is 11.2 Å². The van der Waals surface area contributed by atoms with Crippen LogP contribution in [0.25, 0.3) is 0 Å². The summed E-state index contributed by atoms with van der Waals surface area (Å²) in [5.74, 6) is -1.45. The number of hydrogen-bond acceptors (Lipinski definition) is 6. The van der Waals surface area contributed by atoms with Crippen LogP contribution in [0.3, 0.4) is 0 Å². The lowest BCUT2D eigenvalue weighted by atomic mass is 10.2. The number of hydrogen-bond donors (Lipinski definition) is 1. The second kappa shape index (κ2) is 8.67. The molecule has 24 heavy (non-hydrogen) atoms. The summed E-state index contributed by atoms with van der Waals surface area (Å²) in [5, 5.41) is -2.14. The Morgan fingerprint density at radius 1 is 1.25 bits per heavy atom. The summed E-state index contributed by atoms with van der Waals surface area (Å²) < 4.78 is 61.2. The van der Waals surface area contributed by atoms with Crippen LogP contribution in [0.15, 0.2) is 24.3 Å². The van der Waals surface area contributed by atoms with E-state index >= 15 is 0 Å². The van der Waals surface area contributed by atoms with Crippen molar-refractivity contribution >= 4 is 44.6 Å². The molecule has 11 heteroatoms. The molecule has 0 saturated carbocycles. The minimum atomic E-state index is -5.89. The molecule has 1 rings (SSSR count). The fourth-order valence-corrected chi connectivity index (χ4v) is 2.01. The topological polar surface area (TPSA) is 113 Å². The third-order valence-electron chi connectivity index (χ3n) is 2.72. The summed E-state index contributed by atoms with van der Waals surface area (Å²) in [5.41, 5.74) is 0.429. The SMILES string of the molecule is O=C(CCCNC(=O)c1ccc(I)cc1)OCC(F)(F)S(=O)(=O)[O-]. The fourth-order valence-electron chi connectivity index (χ4n) is 1.45. The smallest absolute Gasteiger partial charge is 0.367 e. The Hall–Kier alpha value is -1.34. The molecule has 7 nitrogen and oxygen atoms in total. The Balaban J connectivity index is 2.29. The van der Waals surface area contributed by atoms with Crippen LogP contribution in [0.1, 0.15) is 23.2 Å². The third kappa shape index (κ3) is 6.65. The van der Waals surface area contributed by atoms with Crippen LogP contribution >= 0.6 is 22.6 Å². The maximum Gasteiger partial charge on any atom is 0.367 e. The normalized spacial score (nSPS) is 11.8. The van der Waals surface area contributed by atoms with Crippen molar-refractivity contribution in [2.45, 2.75) is 18.1 Å². The predicted molar refractivity (Wildman–Crippen MR) is 86.3 cm³/mol. The molecule has 0 aliphatic heterocycles. The van der Waals surface area contributed by atoms with E-state index in [0.29, 0.717) is 5.56 Å². The van der Waals surface area contributed by atoms with Crippen LogP contribution in [0, 0.1) is 3.57 Å². The summed E-state index contributed by atoms with van der Waals surface area (Å²) in [7, 11) is -5.89. The monoisotopic (exact) mass is 476 g/mol. The van der Waals surface area contributed by atoms with Crippen molar-refractivity contribution in [2.75, 3.05) is 13.2 Å². The van der Waals surface area contributed by atoms with Crippen molar-refractivity contribution in [3.63, 3.8) is 0 Å². The molecular weight excluding hydrogens is 463 g/mol. The molecule has 0 spiro atoms. The highest BCUT2D eigenvalue weighted by atomic mass is 127. The number of carbonyl (C=O) groups excluding carboxylic acids is 2. The van der Waals surface area contributed by atoms with Gasteiger partial charge in [0.2, 0.25) is 0 Å². The predicted octanol–water partition coefficient (Wildman–Crippen LogP) is 1.48. The number of carbonyl (C=O) groups is 2. The average molecular weight is 476 g/mol. The Kier molecular flexibility index (Phi) is 7.48.